The van der Waals surface area contributed by atoms with Crippen LogP contribution < -0.4 is 5.32 Å². The zero-order valence-electron chi connectivity index (χ0n) is 16.8. The Morgan fingerprint density at radius 3 is 2.61 bits per heavy atom. The number of β-amino-alcohol motifs (C(OH)–C–C–N with tert-alkyl or cyclic N) is 1. The van der Waals surface area contributed by atoms with Crippen LogP contribution in [-0.4, -0.2) is 59.6 Å². The maximum absolute atomic E-state index is 13.2. The quantitative estimate of drug-likeness (QED) is 0.524. The van der Waals surface area contributed by atoms with Gasteiger partial charge in [-0.05, 0) is 25.7 Å². The zero-order valence-corrected chi connectivity index (χ0v) is 16.8. The highest BCUT2D eigenvalue weighted by atomic mass is 16.5. The summed E-state index contributed by atoms with van der Waals surface area (Å²) in [5, 5.41) is 12.6. The van der Waals surface area contributed by atoms with Gasteiger partial charge < -0.3 is 20.1 Å². The number of ether oxygens (including phenoxy) is 1. The van der Waals surface area contributed by atoms with Crippen LogP contribution in [0.15, 0.2) is 12.2 Å². The molecule has 0 radical (unpaired) electrons. The molecule has 0 aromatic rings. The van der Waals surface area contributed by atoms with Crippen LogP contribution in [0.1, 0.15) is 46.0 Å². The molecule has 1 saturated heterocycles. The van der Waals surface area contributed by atoms with E-state index in [-0.39, 0.29) is 55.4 Å². The average molecular weight is 392 g/mol. The molecule has 0 bridgehead atoms. The molecule has 0 spiro atoms. The predicted octanol–water partition coefficient (Wildman–Crippen LogP) is 1.26. The first-order valence-corrected chi connectivity index (χ1v) is 10.6. The SMILES string of the molecule is CCOC(=O)[C@H]1[C@@H]2C(=O)N(CCO)[C@H](C(=O)NC3CCCCC3)[C@H]2C=C[C@H]1C. The molecule has 1 saturated carbocycles. The van der Waals surface area contributed by atoms with Crippen LogP contribution in [0.4, 0.5) is 0 Å². The van der Waals surface area contributed by atoms with Gasteiger partial charge in [0.25, 0.3) is 0 Å². The lowest BCUT2D eigenvalue weighted by Gasteiger charge is -2.33. The van der Waals surface area contributed by atoms with Gasteiger partial charge in [-0.2, -0.15) is 0 Å². The largest absolute Gasteiger partial charge is 0.466 e. The summed E-state index contributed by atoms with van der Waals surface area (Å²) in [6, 6.07) is -0.550. The van der Waals surface area contributed by atoms with Crippen molar-refractivity contribution in [3.8, 4) is 0 Å². The van der Waals surface area contributed by atoms with Gasteiger partial charge in [-0.15, -0.1) is 0 Å². The number of hydrogen-bond donors (Lipinski definition) is 2. The Kier molecular flexibility index (Phi) is 6.75. The first-order chi connectivity index (χ1) is 13.5. The molecule has 3 rings (SSSR count). The number of fused-ring (bicyclic) bond motifs is 1. The number of amides is 2. The monoisotopic (exact) mass is 392 g/mol. The van der Waals surface area contributed by atoms with Gasteiger partial charge in [-0.3, -0.25) is 14.4 Å². The Hall–Kier alpha value is -1.89. The van der Waals surface area contributed by atoms with Crippen molar-refractivity contribution < 1.29 is 24.2 Å². The number of nitrogens with one attached hydrogen (secondary N) is 1. The van der Waals surface area contributed by atoms with Crippen LogP contribution in [0.3, 0.4) is 0 Å². The van der Waals surface area contributed by atoms with Gasteiger partial charge in [-0.25, -0.2) is 0 Å². The average Bonchev–Trinajstić information content (AvgIpc) is 2.95. The smallest absolute Gasteiger partial charge is 0.310 e. The number of likely N-dealkylation sites (tertiary alicyclic amines) is 1. The van der Waals surface area contributed by atoms with Gasteiger partial charge in [0, 0.05) is 18.5 Å². The molecule has 5 atom stereocenters. The molecular formula is C21H32N2O5. The van der Waals surface area contributed by atoms with Crippen LogP contribution in [0.25, 0.3) is 0 Å². The second kappa shape index (κ2) is 9.07. The van der Waals surface area contributed by atoms with Crippen molar-refractivity contribution in [2.45, 2.75) is 58.0 Å². The summed E-state index contributed by atoms with van der Waals surface area (Å²) in [6.45, 7) is 3.76. The molecule has 156 valence electrons. The van der Waals surface area contributed by atoms with E-state index >= 15 is 0 Å². The van der Waals surface area contributed by atoms with Crippen molar-refractivity contribution in [1.82, 2.24) is 10.2 Å². The molecule has 2 aliphatic carbocycles. The molecular weight excluding hydrogens is 360 g/mol. The minimum atomic E-state index is -0.688. The number of rotatable bonds is 6. The lowest BCUT2D eigenvalue weighted by molar-refractivity contribution is -0.155. The molecule has 2 fully saturated rings. The van der Waals surface area contributed by atoms with Crippen molar-refractivity contribution in [2.75, 3.05) is 19.8 Å². The highest BCUT2D eigenvalue weighted by Crippen LogP contribution is 2.44. The first-order valence-electron chi connectivity index (χ1n) is 10.6. The fraction of sp³-hybridized carbons (Fsp3) is 0.762. The van der Waals surface area contributed by atoms with E-state index in [1.165, 1.54) is 11.3 Å². The third kappa shape index (κ3) is 3.95. The fourth-order valence-corrected chi connectivity index (χ4v) is 5.07. The summed E-state index contributed by atoms with van der Waals surface area (Å²) in [7, 11) is 0. The van der Waals surface area contributed by atoms with Crippen molar-refractivity contribution in [3.05, 3.63) is 12.2 Å². The predicted molar refractivity (Wildman–Crippen MR) is 103 cm³/mol. The topological polar surface area (TPSA) is 95.9 Å². The number of hydrogen-bond acceptors (Lipinski definition) is 5. The Morgan fingerprint density at radius 2 is 1.96 bits per heavy atom. The standard InChI is InChI=1S/C21H32N2O5/c1-3-28-21(27)16-13(2)9-10-15-17(16)20(26)23(11-12-24)18(15)19(25)22-14-7-5-4-6-8-14/h9-10,13-18,24H,3-8,11-12H2,1-2H3,(H,22,25)/t13-,15+,16-,17-,18+/m1/s1. The van der Waals surface area contributed by atoms with E-state index in [0.29, 0.717) is 0 Å². The van der Waals surface area contributed by atoms with Crippen LogP contribution in [0, 0.1) is 23.7 Å². The van der Waals surface area contributed by atoms with E-state index in [9.17, 15) is 19.5 Å². The fourth-order valence-electron chi connectivity index (χ4n) is 5.07. The van der Waals surface area contributed by atoms with Crippen molar-refractivity contribution in [1.29, 1.82) is 0 Å². The normalized spacial score (nSPS) is 32.9. The number of aliphatic hydroxyl groups is 1. The number of esters is 1. The summed E-state index contributed by atoms with van der Waals surface area (Å²) >= 11 is 0. The Bertz CT molecular complexity index is 628. The Morgan fingerprint density at radius 1 is 1.25 bits per heavy atom. The molecule has 0 aromatic carbocycles. The lowest BCUT2D eigenvalue weighted by atomic mass is 9.70. The summed E-state index contributed by atoms with van der Waals surface area (Å²) in [5.41, 5.74) is 0. The molecule has 7 heteroatoms. The van der Waals surface area contributed by atoms with E-state index < -0.39 is 17.9 Å². The third-order valence-corrected chi connectivity index (χ3v) is 6.39. The number of nitrogens with zero attached hydrogens (tertiary/aromatic N) is 1. The number of carbonyl (C=O) groups excluding carboxylic acids is 3. The van der Waals surface area contributed by atoms with Gasteiger partial charge in [0.05, 0.1) is 25.0 Å². The molecule has 2 amide bonds. The molecule has 1 heterocycles. The minimum Gasteiger partial charge on any atom is -0.466 e. The van der Waals surface area contributed by atoms with E-state index in [4.69, 9.17) is 4.74 Å². The van der Waals surface area contributed by atoms with Crippen molar-refractivity contribution >= 4 is 17.8 Å². The summed E-state index contributed by atoms with van der Waals surface area (Å²) in [5.74, 6) is -2.54. The zero-order chi connectivity index (χ0) is 20.3. The second-order valence-electron chi connectivity index (χ2n) is 8.17. The lowest BCUT2D eigenvalue weighted by Crippen LogP contribution is -2.51. The molecule has 3 aliphatic rings. The maximum atomic E-state index is 13.2. The summed E-state index contributed by atoms with van der Waals surface area (Å²) in [6.07, 6.45) is 9.13. The number of aliphatic hydroxyl groups excluding tert-OH is 1. The van der Waals surface area contributed by atoms with Gasteiger partial charge in [0.2, 0.25) is 11.8 Å². The van der Waals surface area contributed by atoms with Gasteiger partial charge >= 0.3 is 5.97 Å². The van der Waals surface area contributed by atoms with Crippen LogP contribution in [0.2, 0.25) is 0 Å². The Labute approximate surface area is 166 Å². The molecule has 2 N–H and O–H groups in total. The van der Waals surface area contributed by atoms with Crippen molar-refractivity contribution in [3.63, 3.8) is 0 Å². The molecule has 28 heavy (non-hydrogen) atoms. The van der Waals surface area contributed by atoms with Gasteiger partial charge in [0.1, 0.15) is 6.04 Å². The molecule has 1 aliphatic heterocycles. The molecule has 7 nitrogen and oxygen atoms in total. The second-order valence-corrected chi connectivity index (χ2v) is 8.17. The van der Waals surface area contributed by atoms with Gasteiger partial charge in [0.15, 0.2) is 0 Å². The van der Waals surface area contributed by atoms with Crippen LogP contribution in [-0.2, 0) is 19.1 Å². The highest BCUT2D eigenvalue weighted by Gasteiger charge is 2.57. The summed E-state index contributed by atoms with van der Waals surface area (Å²) < 4.78 is 5.23. The van der Waals surface area contributed by atoms with E-state index in [1.807, 2.05) is 19.1 Å². The van der Waals surface area contributed by atoms with Crippen LogP contribution >= 0.6 is 0 Å². The molecule has 0 unspecified atom stereocenters. The molecule has 0 aromatic heterocycles. The van der Waals surface area contributed by atoms with E-state index in [1.54, 1.807) is 6.92 Å². The van der Waals surface area contributed by atoms with Gasteiger partial charge in [-0.1, -0.05) is 38.3 Å². The van der Waals surface area contributed by atoms with Crippen molar-refractivity contribution in [2.24, 2.45) is 23.7 Å². The number of allylic oxidation sites excluding steroid dienone is 1. The summed E-state index contributed by atoms with van der Waals surface area (Å²) in [4.78, 5) is 40.4. The van der Waals surface area contributed by atoms with Crippen LogP contribution in [0.5, 0.6) is 0 Å². The maximum Gasteiger partial charge on any atom is 0.310 e. The third-order valence-electron chi connectivity index (χ3n) is 6.39. The minimum absolute atomic E-state index is 0.0896. The van der Waals surface area contributed by atoms with E-state index in [2.05, 4.69) is 5.32 Å². The Balaban J connectivity index is 1.86. The number of carbonyl (C=O) groups is 3. The highest BCUT2D eigenvalue weighted by molar-refractivity contribution is 5.96. The van der Waals surface area contributed by atoms with E-state index in [0.717, 1.165) is 25.7 Å². The first kappa shape index (κ1) is 20.8.